The summed E-state index contributed by atoms with van der Waals surface area (Å²) in [6.07, 6.45) is 0. The fourth-order valence-electron chi connectivity index (χ4n) is 2.07. The van der Waals surface area contributed by atoms with Crippen LogP contribution in [0.25, 0.3) is 10.8 Å². The van der Waals surface area contributed by atoms with Crippen molar-refractivity contribution in [2.24, 2.45) is 5.92 Å². The predicted molar refractivity (Wildman–Crippen MR) is 82.4 cm³/mol. The molecule has 0 saturated carbocycles. The molecule has 2 aromatic rings. The third-order valence-electron chi connectivity index (χ3n) is 3.43. The Morgan fingerprint density at radius 2 is 1.95 bits per heavy atom. The van der Waals surface area contributed by atoms with E-state index in [1.807, 2.05) is 38.1 Å². The summed E-state index contributed by atoms with van der Waals surface area (Å²) in [5, 5.41) is 14.7. The first-order valence-corrected chi connectivity index (χ1v) is 7.15. The van der Waals surface area contributed by atoms with Gasteiger partial charge in [0.1, 0.15) is 5.75 Å². The average Bonchev–Trinajstić information content (AvgIpc) is 2.44. The summed E-state index contributed by atoms with van der Waals surface area (Å²) >= 11 is 5.85. The van der Waals surface area contributed by atoms with E-state index in [2.05, 4.69) is 5.32 Å². The summed E-state index contributed by atoms with van der Waals surface area (Å²) in [4.78, 5) is 12.3. The number of phenols is 1. The molecular weight excluding hydrogens is 274 g/mol. The maximum Gasteiger partial charge on any atom is 0.255 e. The van der Waals surface area contributed by atoms with Crippen molar-refractivity contribution in [3.8, 4) is 5.75 Å². The van der Waals surface area contributed by atoms with Crippen LogP contribution in [-0.2, 0) is 0 Å². The third kappa shape index (κ3) is 2.88. The van der Waals surface area contributed by atoms with Crippen molar-refractivity contribution in [1.82, 2.24) is 5.32 Å². The van der Waals surface area contributed by atoms with Crippen LogP contribution in [0.3, 0.4) is 0 Å². The molecule has 0 bridgehead atoms. The highest BCUT2D eigenvalue weighted by atomic mass is 35.5. The molecule has 3 nitrogen and oxygen atoms in total. The molecule has 0 radical (unpaired) electrons. The molecule has 106 valence electrons. The van der Waals surface area contributed by atoms with E-state index in [-0.39, 0.29) is 29.2 Å². The Labute approximate surface area is 123 Å². The van der Waals surface area contributed by atoms with E-state index in [0.29, 0.717) is 11.3 Å². The Balaban J connectivity index is 2.33. The first-order valence-electron chi connectivity index (χ1n) is 6.62. The number of halogens is 1. The van der Waals surface area contributed by atoms with E-state index in [4.69, 9.17) is 11.6 Å². The molecule has 0 aliphatic heterocycles. The molecule has 1 unspecified atom stereocenters. The highest BCUT2D eigenvalue weighted by Crippen LogP contribution is 2.28. The van der Waals surface area contributed by atoms with Crippen molar-refractivity contribution in [2.45, 2.75) is 19.9 Å². The van der Waals surface area contributed by atoms with Crippen molar-refractivity contribution < 1.29 is 9.90 Å². The molecule has 0 heterocycles. The molecule has 0 aliphatic rings. The van der Waals surface area contributed by atoms with Crippen LogP contribution < -0.4 is 5.32 Å². The van der Waals surface area contributed by atoms with Gasteiger partial charge in [0, 0.05) is 17.3 Å². The van der Waals surface area contributed by atoms with E-state index in [9.17, 15) is 9.90 Å². The van der Waals surface area contributed by atoms with Gasteiger partial charge >= 0.3 is 0 Å². The maximum atomic E-state index is 12.3. The van der Waals surface area contributed by atoms with Crippen LogP contribution in [0.4, 0.5) is 0 Å². The summed E-state index contributed by atoms with van der Waals surface area (Å²) in [5.74, 6) is 0.293. The van der Waals surface area contributed by atoms with Crippen molar-refractivity contribution >= 4 is 28.3 Å². The van der Waals surface area contributed by atoms with Gasteiger partial charge in [0.2, 0.25) is 0 Å². The van der Waals surface area contributed by atoms with Crippen molar-refractivity contribution in [3.05, 3.63) is 42.0 Å². The summed E-state index contributed by atoms with van der Waals surface area (Å²) in [6, 6.07) is 10.8. The van der Waals surface area contributed by atoms with Crippen LogP contribution in [0.1, 0.15) is 24.2 Å². The zero-order valence-electron chi connectivity index (χ0n) is 11.6. The van der Waals surface area contributed by atoms with Gasteiger partial charge in [0.15, 0.2) is 0 Å². The first-order chi connectivity index (χ1) is 9.54. The highest BCUT2D eigenvalue weighted by Gasteiger charge is 2.19. The van der Waals surface area contributed by atoms with Crippen LogP contribution in [0.15, 0.2) is 36.4 Å². The molecule has 4 heteroatoms. The highest BCUT2D eigenvalue weighted by molar-refractivity contribution is 6.18. The summed E-state index contributed by atoms with van der Waals surface area (Å²) in [7, 11) is 0. The number of alkyl halides is 1. The molecule has 0 spiro atoms. The van der Waals surface area contributed by atoms with Crippen molar-refractivity contribution in [3.63, 3.8) is 0 Å². The summed E-state index contributed by atoms with van der Waals surface area (Å²) < 4.78 is 0. The van der Waals surface area contributed by atoms with Crippen molar-refractivity contribution in [2.75, 3.05) is 5.88 Å². The monoisotopic (exact) mass is 291 g/mol. The van der Waals surface area contributed by atoms with Gasteiger partial charge in [-0.15, -0.1) is 11.6 Å². The number of benzene rings is 2. The minimum atomic E-state index is -0.299. The minimum absolute atomic E-state index is 0.0117. The van der Waals surface area contributed by atoms with E-state index in [1.54, 1.807) is 12.1 Å². The zero-order chi connectivity index (χ0) is 14.7. The number of hydrogen-bond donors (Lipinski definition) is 2. The second kappa shape index (κ2) is 6.14. The summed E-state index contributed by atoms with van der Waals surface area (Å²) in [6.45, 7) is 3.99. The zero-order valence-corrected chi connectivity index (χ0v) is 12.3. The van der Waals surface area contributed by atoms with E-state index in [1.165, 1.54) is 0 Å². The standard InChI is InChI=1S/C16H18ClNO2/c1-10(2)14(9-17)18-16(20)13-8-7-11-5-3-4-6-12(11)15(13)19/h3-8,10,14,19H,9H2,1-2H3,(H,18,20). The lowest BCUT2D eigenvalue weighted by Gasteiger charge is -2.20. The molecule has 0 aliphatic carbocycles. The van der Waals surface area contributed by atoms with Crippen LogP contribution in [0, 0.1) is 5.92 Å². The molecular formula is C16H18ClNO2. The number of carbonyl (C=O) groups excluding carboxylic acids is 1. The topological polar surface area (TPSA) is 49.3 Å². The number of rotatable bonds is 4. The molecule has 0 saturated heterocycles. The normalized spacial score (nSPS) is 12.6. The first kappa shape index (κ1) is 14.7. The number of phenolic OH excluding ortho intramolecular Hbond substituents is 1. The minimum Gasteiger partial charge on any atom is -0.506 e. The number of hydrogen-bond acceptors (Lipinski definition) is 2. The maximum absolute atomic E-state index is 12.3. The number of amides is 1. The molecule has 1 atom stereocenters. The molecule has 2 aromatic carbocycles. The second-order valence-electron chi connectivity index (χ2n) is 5.16. The van der Waals surface area contributed by atoms with Crippen LogP contribution in [0.5, 0.6) is 5.75 Å². The lowest BCUT2D eigenvalue weighted by molar-refractivity contribution is 0.0929. The van der Waals surface area contributed by atoms with E-state index < -0.39 is 0 Å². The number of carbonyl (C=O) groups is 1. The van der Waals surface area contributed by atoms with Gasteiger partial charge in [-0.1, -0.05) is 44.2 Å². The van der Waals surface area contributed by atoms with Crippen LogP contribution in [-0.4, -0.2) is 22.9 Å². The molecule has 0 fully saturated rings. The van der Waals surface area contributed by atoms with Gasteiger partial charge < -0.3 is 10.4 Å². The predicted octanol–water partition coefficient (Wildman–Crippen LogP) is 3.54. The molecule has 0 aromatic heterocycles. The Morgan fingerprint density at radius 3 is 2.60 bits per heavy atom. The summed E-state index contributed by atoms with van der Waals surface area (Å²) in [5.41, 5.74) is 0.277. The van der Waals surface area contributed by atoms with Gasteiger partial charge in [-0.2, -0.15) is 0 Å². The second-order valence-corrected chi connectivity index (χ2v) is 5.47. The van der Waals surface area contributed by atoms with Crippen LogP contribution >= 0.6 is 11.6 Å². The fraction of sp³-hybridized carbons (Fsp3) is 0.312. The number of nitrogens with one attached hydrogen (secondary N) is 1. The Bertz CT molecular complexity index is 625. The van der Waals surface area contributed by atoms with Gasteiger partial charge in [0.25, 0.3) is 5.91 Å². The Morgan fingerprint density at radius 1 is 1.25 bits per heavy atom. The van der Waals surface area contributed by atoms with Crippen LogP contribution in [0.2, 0.25) is 0 Å². The molecule has 2 rings (SSSR count). The lowest BCUT2D eigenvalue weighted by Crippen LogP contribution is -2.39. The molecule has 2 N–H and O–H groups in total. The van der Waals surface area contributed by atoms with Crippen molar-refractivity contribution in [1.29, 1.82) is 0 Å². The molecule has 20 heavy (non-hydrogen) atoms. The number of aromatic hydroxyl groups is 1. The Hall–Kier alpha value is -1.74. The van der Waals surface area contributed by atoms with E-state index in [0.717, 1.165) is 5.39 Å². The lowest BCUT2D eigenvalue weighted by atomic mass is 10.0. The van der Waals surface area contributed by atoms with Gasteiger partial charge in [-0.25, -0.2) is 0 Å². The molecule has 1 amide bonds. The quantitative estimate of drug-likeness (QED) is 0.847. The third-order valence-corrected chi connectivity index (χ3v) is 3.77. The Kier molecular flexibility index (Phi) is 4.50. The SMILES string of the molecule is CC(C)C(CCl)NC(=O)c1ccc2ccccc2c1O. The smallest absolute Gasteiger partial charge is 0.255 e. The largest absolute Gasteiger partial charge is 0.506 e. The van der Waals surface area contributed by atoms with Gasteiger partial charge in [0.05, 0.1) is 5.56 Å². The van der Waals surface area contributed by atoms with Gasteiger partial charge in [-0.3, -0.25) is 4.79 Å². The fourth-order valence-corrected chi connectivity index (χ4v) is 2.50. The average molecular weight is 292 g/mol. The van der Waals surface area contributed by atoms with Gasteiger partial charge in [-0.05, 0) is 17.4 Å². The number of fused-ring (bicyclic) bond motifs is 1. The van der Waals surface area contributed by atoms with E-state index >= 15 is 0 Å².